The number of aliphatic carboxylic acids is 1. The molecule has 8 heteroatoms. The number of β-lactam (4-membered cyclic amide) rings is 1. The zero-order valence-electron chi connectivity index (χ0n) is 14.7. The number of carbonyl (C=O) groups is 2. The van der Waals surface area contributed by atoms with Crippen LogP contribution in [-0.4, -0.2) is 41.7 Å². The largest absolute Gasteiger partial charge is 0.477 e. The lowest BCUT2D eigenvalue weighted by Gasteiger charge is -2.52. The SMILES string of the molecule is CC1=C(C(=O)O)N2C(=O)[C@H]([C@@H](C)O[Si](C)(C)C(C)(C)C)[C@H]2SS1. The molecule has 1 N–H and O–H groups in total. The molecule has 130 valence electrons. The minimum atomic E-state index is -1.97. The number of carboxylic acid groups (broad SMARTS) is 1. The fourth-order valence-electron chi connectivity index (χ4n) is 2.56. The number of allylic oxidation sites excluding steroid dienone is 1. The smallest absolute Gasteiger partial charge is 0.353 e. The minimum absolute atomic E-state index is 0.0743. The molecule has 0 bridgehead atoms. The van der Waals surface area contributed by atoms with Crippen LogP contribution in [0.3, 0.4) is 0 Å². The first-order valence-corrected chi connectivity index (χ1v) is 12.8. The van der Waals surface area contributed by atoms with Crippen LogP contribution >= 0.6 is 21.6 Å². The Bertz CT molecular complexity index is 570. The normalized spacial score (nSPS) is 26.7. The van der Waals surface area contributed by atoms with E-state index in [0.29, 0.717) is 4.91 Å². The molecule has 2 rings (SSSR count). The summed E-state index contributed by atoms with van der Waals surface area (Å²) in [5.41, 5.74) is 0.125. The van der Waals surface area contributed by atoms with Crippen molar-refractivity contribution in [2.45, 2.75) is 64.2 Å². The van der Waals surface area contributed by atoms with E-state index in [-0.39, 0.29) is 34.0 Å². The quantitative estimate of drug-likeness (QED) is 0.457. The predicted molar refractivity (Wildman–Crippen MR) is 97.4 cm³/mol. The topological polar surface area (TPSA) is 66.8 Å². The van der Waals surface area contributed by atoms with Crippen LogP contribution in [0.5, 0.6) is 0 Å². The van der Waals surface area contributed by atoms with E-state index < -0.39 is 14.3 Å². The van der Waals surface area contributed by atoms with Gasteiger partial charge < -0.3 is 9.53 Å². The number of carboxylic acids is 1. The molecule has 0 aromatic carbocycles. The summed E-state index contributed by atoms with van der Waals surface area (Å²) in [6, 6.07) is 0. The molecule has 2 aliphatic rings. The van der Waals surface area contributed by atoms with Crippen LogP contribution in [0.1, 0.15) is 34.6 Å². The van der Waals surface area contributed by atoms with Crippen molar-refractivity contribution < 1.29 is 19.1 Å². The fourth-order valence-corrected chi connectivity index (χ4v) is 6.83. The molecule has 1 amide bonds. The second-order valence-corrected chi connectivity index (χ2v) is 14.9. The lowest BCUT2D eigenvalue weighted by atomic mass is 9.92. The van der Waals surface area contributed by atoms with Gasteiger partial charge in [0.2, 0.25) is 5.91 Å². The van der Waals surface area contributed by atoms with Gasteiger partial charge in [-0.2, -0.15) is 0 Å². The molecule has 0 spiro atoms. The average molecular weight is 376 g/mol. The maximum atomic E-state index is 12.6. The zero-order chi connectivity index (χ0) is 17.7. The van der Waals surface area contributed by atoms with Gasteiger partial charge in [0.15, 0.2) is 8.32 Å². The molecule has 0 aromatic heterocycles. The highest BCUT2D eigenvalue weighted by atomic mass is 33.1. The Hall–Kier alpha value is -0.443. The van der Waals surface area contributed by atoms with E-state index in [1.54, 1.807) is 17.7 Å². The number of hydrogen-bond donors (Lipinski definition) is 1. The number of nitrogens with zero attached hydrogens (tertiary/aromatic N) is 1. The molecule has 5 nitrogen and oxygen atoms in total. The highest BCUT2D eigenvalue weighted by molar-refractivity contribution is 8.78. The maximum absolute atomic E-state index is 12.6. The van der Waals surface area contributed by atoms with Gasteiger partial charge in [-0.05, 0) is 32.0 Å². The third-order valence-corrected chi connectivity index (χ3v) is 12.4. The van der Waals surface area contributed by atoms with E-state index in [1.807, 2.05) is 6.92 Å². The summed E-state index contributed by atoms with van der Waals surface area (Å²) in [6.07, 6.45) is -0.203. The highest BCUT2D eigenvalue weighted by Gasteiger charge is 2.57. The molecule has 0 aromatic rings. The lowest BCUT2D eigenvalue weighted by Crippen LogP contribution is -2.65. The van der Waals surface area contributed by atoms with Gasteiger partial charge in [0, 0.05) is 4.91 Å². The Kier molecular flexibility index (Phi) is 5.03. The molecular weight excluding hydrogens is 350 g/mol. The molecule has 2 aliphatic heterocycles. The molecule has 1 fully saturated rings. The van der Waals surface area contributed by atoms with Crippen molar-refractivity contribution in [3.05, 3.63) is 10.6 Å². The third-order valence-electron chi connectivity index (χ3n) is 4.93. The maximum Gasteiger partial charge on any atom is 0.353 e. The highest BCUT2D eigenvalue weighted by Crippen LogP contribution is 2.53. The molecule has 0 radical (unpaired) electrons. The van der Waals surface area contributed by atoms with Crippen LogP contribution in [0.25, 0.3) is 0 Å². The van der Waals surface area contributed by atoms with Crippen molar-refractivity contribution in [2.24, 2.45) is 5.92 Å². The molecule has 23 heavy (non-hydrogen) atoms. The van der Waals surface area contributed by atoms with Crippen molar-refractivity contribution in [1.29, 1.82) is 0 Å². The number of carbonyl (C=O) groups excluding carboxylic acids is 1. The number of rotatable bonds is 4. The van der Waals surface area contributed by atoms with Gasteiger partial charge in [-0.3, -0.25) is 9.69 Å². The second kappa shape index (κ2) is 6.13. The summed E-state index contributed by atoms with van der Waals surface area (Å²) in [5.74, 6) is -1.44. The summed E-state index contributed by atoms with van der Waals surface area (Å²) in [7, 11) is 1.03. The van der Waals surface area contributed by atoms with Gasteiger partial charge in [0.1, 0.15) is 11.1 Å². The van der Waals surface area contributed by atoms with E-state index in [4.69, 9.17) is 4.43 Å². The average Bonchev–Trinajstić information content (AvgIpc) is 2.36. The molecule has 1 saturated heterocycles. The van der Waals surface area contributed by atoms with Crippen LogP contribution < -0.4 is 0 Å². The Morgan fingerprint density at radius 1 is 1.39 bits per heavy atom. The van der Waals surface area contributed by atoms with E-state index in [0.717, 1.165) is 0 Å². The number of fused-ring (bicyclic) bond motifs is 1. The molecular formula is C15H25NO4S2Si. The summed E-state index contributed by atoms with van der Waals surface area (Å²) in [6.45, 7) is 14.5. The first kappa shape index (κ1) is 18.9. The third kappa shape index (κ3) is 3.23. The molecule has 0 aliphatic carbocycles. The van der Waals surface area contributed by atoms with Crippen molar-refractivity contribution in [3.8, 4) is 0 Å². The summed E-state index contributed by atoms with van der Waals surface area (Å²) >= 11 is 0. The lowest BCUT2D eigenvalue weighted by molar-refractivity contribution is -0.156. The predicted octanol–water partition coefficient (Wildman–Crippen LogP) is 3.89. The van der Waals surface area contributed by atoms with Gasteiger partial charge in [0.25, 0.3) is 0 Å². The van der Waals surface area contributed by atoms with Gasteiger partial charge in [-0.1, -0.05) is 42.4 Å². The first-order chi connectivity index (χ1) is 10.4. The Morgan fingerprint density at radius 2 is 1.96 bits per heavy atom. The number of hydrogen-bond acceptors (Lipinski definition) is 5. The van der Waals surface area contributed by atoms with Gasteiger partial charge in [0.05, 0.1) is 12.0 Å². The van der Waals surface area contributed by atoms with Crippen molar-refractivity contribution >= 4 is 41.8 Å². The monoisotopic (exact) mass is 375 g/mol. The zero-order valence-corrected chi connectivity index (χ0v) is 17.3. The van der Waals surface area contributed by atoms with Gasteiger partial charge >= 0.3 is 5.97 Å². The van der Waals surface area contributed by atoms with Gasteiger partial charge in [-0.25, -0.2) is 4.79 Å². The van der Waals surface area contributed by atoms with E-state index in [9.17, 15) is 14.7 Å². The molecule has 3 atom stereocenters. The number of amides is 1. The van der Waals surface area contributed by atoms with Crippen LogP contribution in [0, 0.1) is 5.92 Å². The standard InChI is InChI=1S/C15H25NO4S2Si/c1-8(20-23(6,7)15(3,4)5)10-12(17)16-11(14(18)19)9(2)21-22-13(10)16/h8,10,13H,1-7H3,(H,18,19)/t8-,10+,13-/m1/s1. The Morgan fingerprint density at radius 3 is 2.43 bits per heavy atom. The van der Waals surface area contributed by atoms with Crippen molar-refractivity contribution in [2.75, 3.05) is 0 Å². The van der Waals surface area contributed by atoms with Crippen LogP contribution in [-0.2, 0) is 14.0 Å². The van der Waals surface area contributed by atoms with E-state index in [1.165, 1.54) is 15.7 Å². The second-order valence-electron chi connectivity index (χ2n) is 7.60. The summed E-state index contributed by atoms with van der Waals surface area (Å²) in [5, 5.41) is 9.29. The van der Waals surface area contributed by atoms with E-state index >= 15 is 0 Å². The Labute approximate surface area is 146 Å². The van der Waals surface area contributed by atoms with Crippen LogP contribution in [0.15, 0.2) is 10.6 Å². The van der Waals surface area contributed by atoms with Crippen LogP contribution in [0.2, 0.25) is 18.1 Å². The molecule has 0 unspecified atom stereocenters. The summed E-state index contributed by atoms with van der Waals surface area (Å²) in [4.78, 5) is 26.1. The molecule has 2 heterocycles. The Balaban J connectivity index is 2.17. The fraction of sp³-hybridized carbons (Fsp3) is 0.733. The van der Waals surface area contributed by atoms with Gasteiger partial charge in [-0.15, -0.1) is 0 Å². The summed E-state index contributed by atoms with van der Waals surface area (Å²) < 4.78 is 6.35. The van der Waals surface area contributed by atoms with Crippen molar-refractivity contribution in [1.82, 2.24) is 4.90 Å². The van der Waals surface area contributed by atoms with Crippen LogP contribution in [0.4, 0.5) is 0 Å². The first-order valence-electron chi connectivity index (χ1n) is 7.67. The minimum Gasteiger partial charge on any atom is -0.477 e. The molecule has 0 saturated carbocycles. The van der Waals surface area contributed by atoms with E-state index in [2.05, 4.69) is 33.9 Å². The van der Waals surface area contributed by atoms with Crippen molar-refractivity contribution in [3.63, 3.8) is 0 Å².